The van der Waals surface area contributed by atoms with Crippen LogP contribution in [0, 0.1) is 23.2 Å². The Hall–Kier alpha value is -1.42. The smallest absolute Gasteiger partial charge is 0.211 e. The molecule has 1 aromatic carbocycles. The molecule has 0 bridgehead atoms. The molecule has 130 valence electrons. The van der Waals surface area contributed by atoms with Gasteiger partial charge in [-0.15, -0.1) is 0 Å². The fourth-order valence-electron chi connectivity index (χ4n) is 4.01. The summed E-state index contributed by atoms with van der Waals surface area (Å²) < 4.78 is 24.8. The average Bonchev–Trinajstić information content (AvgIpc) is 3.03. The van der Waals surface area contributed by atoms with Crippen LogP contribution in [-0.2, 0) is 16.6 Å². The number of sulfonamides is 1. The minimum Gasteiger partial charge on any atom is -0.299 e. The standard InChI is InChI=1S/C18H25N3O2S/c1-24(22,23)21-10-7-17(8-11-21)18-6-9-20(14-18)13-16-4-2-15(12-19)3-5-16/h2-5,17-18H,6-11,13-14H2,1H3. The molecular formula is C18H25N3O2S. The van der Waals surface area contributed by atoms with E-state index in [2.05, 4.69) is 11.0 Å². The second-order valence-electron chi connectivity index (χ2n) is 7.09. The van der Waals surface area contributed by atoms with Gasteiger partial charge in [-0.2, -0.15) is 5.26 Å². The van der Waals surface area contributed by atoms with Crippen molar-refractivity contribution in [3.05, 3.63) is 35.4 Å². The van der Waals surface area contributed by atoms with E-state index >= 15 is 0 Å². The number of likely N-dealkylation sites (tertiary alicyclic amines) is 1. The molecule has 0 saturated carbocycles. The van der Waals surface area contributed by atoms with Crippen molar-refractivity contribution in [3.63, 3.8) is 0 Å². The molecule has 0 spiro atoms. The number of benzene rings is 1. The monoisotopic (exact) mass is 347 g/mol. The highest BCUT2D eigenvalue weighted by Gasteiger charge is 2.33. The van der Waals surface area contributed by atoms with Crippen LogP contribution in [0.4, 0.5) is 0 Å². The lowest BCUT2D eigenvalue weighted by Gasteiger charge is -2.33. The molecule has 2 aliphatic heterocycles. The van der Waals surface area contributed by atoms with Crippen molar-refractivity contribution in [2.75, 3.05) is 32.4 Å². The largest absolute Gasteiger partial charge is 0.299 e. The molecule has 1 unspecified atom stereocenters. The lowest BCUT2D eigenvalue weighted by molar-refractivity contribution is 0.202. The predicted molar refractivity (Wildman–Crippen MR) is 93.7 cm³/mol. The van der Waals surface area contributed by atoms with Gasteiger partial charge >= 0.3 is 0 Å². The zero-order chi connectivity index (χ0) is 17.2. The van der Waals surface area contributed by atoms with E-state index < -0.39 is 10.0 Å². The minimum atomic E-state index is -3.03. The SMILES string of the molecule is CS(=O)(=O)N1CCC(C2CCN(Cc3ccc(C#N)cc3)C2)CC1. The van der Waals surface area contributed by atoms with Crippen LogP contribution in [0.5, 0.6) is 0 Å². The first-order valence-electron chi connectivity index (χ1n) is 8.62. The summed E-state index contributed by atoms with van der Waals surface area (Å²) >= 11 is 0. The summed E-state index contributed by atoms with van der Waals surface area (Å²) in [6, 6.07) is 9.99. The molecular weight excluding hydrogens is 322 g/mol. The molecule has 6 heteroatoms. The van der Waals surface area contributed by atoms with E-state index in [1.54, 1.807) is 4.31 Å². The van der Waals surface area contributed by atoms with Gasteiger partial charge in [0.2, 0.25) is 10.0 Å². The molecule has 2 fully saturated rings. The van der Waals surface area contributed by atoms with Crippen molar-refractivity contribution in [1.29, 1.82) is 5.26 Å². The molecule has 2 heterocycles. The Morgan fingerprint density at radius 3 is 2.29 bits per heavy atom. The summed E-state index contributed by atoms with van der Waals surface area (Å²) in [5.41, 5.74) is 1.96. The fourth-order valence-corrected chi connectivity index (χ4v) is 4.89. The van der Waals surface area contributed by atoms with Crippen LogP contribution in [0.3, 0.4) is 0 Å². The van der Waals surface area contributed by atoms with Gasteiger partial charge in [0.1, 0.15) is 0 Å². The maximum Gasteiger partial charge on any atom is 0.211 e. The van der Waals surface area contributed by atoms with Crippen molar-refractivity contribution >= 4 is 10.0 Å². The highest BCUT2D eigenvalue weighted by molar-refractivity contribution is 7.88. The van der Waals surface area contributed by atoms with E-state index in [9.17, 15) is 8.42 Å². The quantitative estimate of drug-likeness (QED) is 0.836. The lowest BCUT2D eigenvalue weighted by Crippen LogP contribution is -2.39. The molecule has 0 aliphatic carbocycles. The molecule has 0 amide bonds. The Balaban J connectivity index is 1.50. The molecule has 2 aliphatic rings. The van der Waals surface area contributed by atoms with E-state index in [1.807, 2.05) is 24.3 Å². The van der Waals surface area contributed by atoms with Gasteiger partial charge < -0.3 is 0 Å². The van der Waals surface area contributed by atoms with Crippen LogP contribution >= 0.6 is 0 Å². The highest BCUT2D eigenvalue weighted by Crippen LogP contribution is 2.33. The number of rotatable bonds is 4. The molecule has 3 rings (SSSR count). The van der Waals surface area contributed by atoms with Crippen molar-refractivity contribution in [2.45, 2.75) is 25.8 Å². The van der Waals surface area contributed by atoms with Crippen molar-refractivity contribution < 1.29 is 8.42 Å². The Morgan fingerprint density at radius 2 is 1.71 bits per heavy atom. The van der Waals surface area contributed by atoms with Gasteiger partial charge in [-0.1, -0.05) is 12.1 Å². The van der Waals surface area contributed by atoms with Crippen molar-refractivity contribution in [2.24, 2.45) is 11.8 Å². The summed E-state index contributed by atoms with van der Waals surface area (Å²) in [5, 5.41) is 8.86. The Labute approximate surface area is 144 Å². The first-order valence-corrected chi connectivity index (χ1v) is 10.5. The minimum absolute atomic E-state index is 0.647. The zero-order valence-electron chi connectivity index (χ0n) is 14.2. The molecule has 5 nitrogen and oxygen atoms in total. The average molecular weight is 347 g/mol. The zero-order valence-corrected chi connectivity index (χ0v) is 15.0. The normalized spacial score (nSPS) is 24.1. The predicted octanol–water partition coefficient (Wildman–Crippen LogP) is 2.05. The van der Waals surface area contributed by atoms with E-state index in [4.69, 9.17) is 5.26 Å². The molecule has 24 heavy (non-hydrogen) atoms. The third-order valence-electron chi connectivity index (χ3n) is 5.43. The molecule has 1 atom stereocenters. The van der Waals surface area contributed by atoms with Gasteiger partial charge in [0.15, 0.2) is 0 Å². The second-order valence-corrected chi connectivity index (χ2v) is 9.07. The van der Waals surface area contributed by atoms with Gasteiger partial charge in [0.25, 0.3) is 0 Å². The van der Waals surface area contributed by atoms with Gasteiger partial charge in [-0.05, 0) is 55.3 Å². The number of piperidine rings is 1. The maximum absolute atomic E-state index is 11.6. The first kappa shape index (κ1) is 17.4. The van der Waals surface area contributed by atoms with Gasteiger partial charge in [0.05, 0.1) is 17.9 Å². The van der Waals surface area contributed by atoms with Gasteiger partial charge in [0, 0.05) is 26.2 Å². The molecule has 0 radical (unpaired) electrons. The van der Waals surface area contributed by atoms with Gasteiger partial charge in [-0.3, -0.25) is 4.90 Å². The van der Waals surface area contributed by atoms with Crippen LogP contribution < -0.4 is 0 Å². The Morgan fingerprint density at radius 1 is 1.08 bits per heavy atom. The van der Waals surface area contributed by atoms with Crippen LogP contribution in [0.25, 0.3) is 0 Å². The van der Waals surface area contributed by atoms with Gasteiger partial charge in [-0.25, -0.2) is 12.7 Å². The number of nitriles is 1. The summed E-state index contributed by atoms with van der Waals surface area (Å²) in [4.78, 5) is 2.48. The Kier molecular flexibility index (Phi) is 5.24. The van der Waals surface area contributed by atoms with Crippen LogP contribution in [0.1, 0.15) is 30.4 Å². The van der Waals surface area contributed by atoms with E-state index in [1.165, 1.54) is 18.2 Å². The third kappa shape index (κ3) is 4.15. The number of hydrogen-bond donors (Lipinski definition) is 0. The molecule has 2 saturated heterocycles. The van der Waals surface area contributed by atoms with Crippen LogP contribution in [-0.4, -0.2) is 50.1 Å². The first-order chi connectivity index (χ1) is 11.5. The molecule has 0 N–H and O–H groups in total. The third-order valence-corrected chi connectivity index (χ3v) is 6.74. The van der Waals surface area contributed by atoms with Crippen molar-refractivity contribution in [3.8, 4) is 6.07 Å². The van der Waals surface area contributed by atoms with E-state index in [-0.39, 0.29) is 0 Å². The van der Waals surface area contributed by atoms with Crippen LogP contribution in [0.2, 0.25) is 0 Å². The Bertz CT molecular complexity index is 701. The summed E-state index contributed by atoms with van der Waals surface area (Å²) in [6.45, 7) is 4.50. The maximum atomic E-state index is 11.6. The summed E-state index contributed by atoms with van der Waals surface area (Å²) in [7, 11) is -3.03. The number of nitrogens with zero attached hydrogens (tertiary/aromatic N) is 3. The number of hydrogen-bond acceptors (Lipinski definition) is 4. The summed E-state index contributed by atoms with van der Waals surface area (Å²) in [6.07, 6.45) is 4.49. The molecule has 1 aromatic rings. The van der Waals surface area contributed by atoms with E-state index in [0.717, 1.165) is 32.5 Å². The molecule has 0 aromatic heterocycles. The fraction of sp³-hybridized carbons (Fsp3) is 0.611. The summed E-state index contributed by atoms with van der Waals surface area (Å²) in [5.74, 6) is 1.33. The topological polar surface area (TPSA) is 64.4 Å². The van der Waals surface area contributed by atoms with Crippen LogP contribution in [0.15, 0.2) is 24.3 Å². The lowest BCUT2D eigenvalue weighted by atomic mass is 9.84. The second kappa shape index (κ2) is 7.22. The van der Waals surface area contributed by atoms with Crippen molar-refractivity contribution in [1.82, 2.24) is 9.21 Å². The van der Waals surface area contributed by atoms with E-state index in [0.29, 0.717) is 30.5 Å². The highest BCUT2D eigenvalue weighted by atomic mass is 32.2.